The molecule has 122 valence electrons. The number of halogens is 1. The van der Waals surface area contributed by atoms with Gasteiger partial charge in [0.05, 0.1) is 10.9 Å². The molecule has 0 bridgehead atoms. The molecular weight excluding hydrogens is 324 g/mol. The number of nitrogens with two attached hydrogens (primary N) is 3. The lowest BCUT2D eigenvalue weighted by molar-refractivity contribution is 0.837. The number of hydrogen-bond acceptors (Lipinski definition) is 5. The smallest absolute Gasteiger partial charge is 0.222 e. The van der Waals surface area contributed by atoms with Crippen LogP contribution in [0.15, 0.2) is 48.7 Å². The Bertz CT molecular complexity index is 1020. The fourth-order valence-electron chi connectivity index (χ4n) is 2.91. The maximum absolute atomic E-state index is 6.05. The SMILES string of the molecule is Cl.Nc1ccc(Cn2ccc3c4c(N)nc(N)nc4ccc32)cc1. The zero-order chi connectivity index (χ0) is 16.0. The normalized spacial score (nSPS) is 10.8. The summed E-state index contributed by atoms with van der Waals surface area (Å²) in [5.41, 5.74) is 21.2. The minimum atomic E-state index is 0. The van der Waals surface area contributed by atoms with Crippen LogP contribution in [0.1, 0.15) is 5.56 Å². The molecule has 0 spiro atoms. The summed E-state index contributed by atoms with van der Waals surface area (Å²) in [6.07, 6.45) is 2.04. The summed E-state index contributed by atoms with van der Waals surface area (Å²) < 4.78 is 2.16. The molecule has 0 unspecified atom stereocenters. The molecule has 2 aromatic carbocycles. The van der Waals surface area contributed by atoms with Gasteiger partial charge in [-0.15, -0.1) is 12.4 Å². The monoisotopic (exact) mass is 340 g/mol. The van der Waals surface area contributed by atoms with Crippen molar-refractivity contribution in [3.63, 3.8) is 0 Å². The molecule has 0 amide bonds. The second-order valence-corrected chi connectivity index (χ2v) is 5.54. The van der Waals surface area contributed by atoms with Gasteiger partial charge in [0.1, 0.15) is 5.82 Å². The van der Waals surface area contributed by atoms with Gasteiger partial charge in [0, 0.05) is 29.3 Å². The molecule has 6 N–H and O–H groups in total. The van der Waals surface area contributed by atoms with E-state index in [9.17, 15) is 0 Å². The lowest BCUT2D eigenvalue weighted by atomic mass is 10.1. The number of nitrogens with zero attached hydrogens (tertiary/aromatic N) is 3. The quantitative estimate of drug-likeness (QED) is 0.486. The number of hydrogen-bond donors (Lipinski definition) is 3. The molecule has 2 aromatic heterocycles. The Balaban J connectivity index is 0.00000169. The van der Waals surface area contributed by atoms with Crippen LogP contribution in [-0.4, -0.2) is 14.5 Å². The lowest BCUT2D eigenvalue weighted by Crippen LogP contribution is -2.01. The minimum absolute atomic E-state index is 0. The van der Waals surface area contributed by atoms with Gasteiger partial charge in [0.2, 0.25) is 5.95 Å². The molecule has 7 heteroatoms. The summed E-state index contributed by atoms with van der Waals surface area (Å²) in [6.45, 7) is 0.755. The Labute approximate surface area is 144 Å². The molecule has 24 heavy (non-hydrogen) atoms. The molecule has 4 aromatic rings. The van der Waals surface area contributed by atoms with Crippen LogP contribution < -0.4 is 17.2 Å². The topological polar surface area (TPSA) is 109 Å². The predicted octanol–water partition coefficient (Wildman–Crippen LogP) is 2.80. The Morgan fingerprint density at radius 2 is 1.62 bits per heavy atom. The summed E-state index contributed by atoms with van der Waals surface area (Å²) in [6, 6.07) is 13.9. The average Bonchev–Trinajstić information content (AvgIpc) is 2.92. The number of nitrogen functional groups attached to an aromatic ring is 3. The number of benzene rings is 2. The Morgan fingerprint density at radius 3 is 2.38 bits per heavy atom. The predicted molar refractivity (Wildman–Crippen MR) is 101 cm³/mol. The highest BCUT2D eigenvalue weighted by Gasteiger charge is 2.10. The Hall–Kier alpha value is -2.99. The van der Waals surface area contributed by atoms with E-state index in [1.165, 1.54) is 5.56 Å². The largest absolute Gasteiger partial charge is 0.399 e. The van der Waals surface area contributed by atoms with Gasteiger partial charge in [-0.3, -0.25) is 0 Å². The molecule has 0 aliphatic carbocycles. The summed E-state index contributed by atoms with van der Waals surface area (Å²) >= 11 is 0. The van der Waals surface area contributed by atoms with E-state index < -0.39 is 0 Å². The molecule has 0 aliphatic heterocycles. The van der Waals surface area contributed by atoms with Crippen molar-refractivity contribution in [3.05, 3.63) is 54.2 Å². The van der Waals surface area contributed by atoms with E-state index in [2.05, 4.69) is 14.5 Å². The molecule has 0 fully saturated rings. The first-order valence-electron chi connectivity index (χ1n) is 7.27. The highest BCUT2D eigenvalue weighted by molar-refractivity contribution is 6.10. The molecule has 4 rings (SSSR count). The van der Waals surface area contributed by atoms with Gasteiger partial charge >= 0.3 is 0 Å². The molecule has 6 nitrogen and oxygen atoms in total. The lowest BCUT2D eigenvalue weighted by Gasteiger charge is -2.08. The van der Waals surface area contributed by atoms with E-state index in [4.69, 9.17) is 17.2 Å². The van der Waals surface area contributed by atoms with Crippen molar-refractivity contribution in [1.29, 1.82) is 0 Å². The van der Waals surface area contributed by atoms with Gasteiger partial charge in [-0.2, -0.15) is 4.98 Å². The molecule has 0 atom stereocenters. The van der Waals surface area contributed by atoms with Crippen molar-refractivity contribution in [2.75, 3.05) is 17.2 Å². The first kappa shape index (κ1) is 15.9. The Morgan fingerprint density at radius 1 is 0.875 bits per heavy atom. The number of aromatic nitrogens is 3. The van der Waals surface area contributed by atoms with Gasteiger partial charge < -0.3 is 21.8 Å². The second kappa shape index (κ2) is 5.90. The third-order valence-corrected chi connectivity index (χ3v) is 3.99. The first-order valence-corrected chi connectivity index (χ1v) is 7.27. The fourth-order valence-corrected chi connectivity index (χ4v) is 2.91. The van der Waals surface area contributed by atoms with Crippen molar-refractivity contribution in [1.82, 2.24) is 14.5 Å². The van der Waals surface area contributed by atoms with Crippen LogP contribution in [0, 0.1) is 0 Å². The van der Waals surface area contributed by atoms with E-state index in [0.717, 1.165) is 34.0 Å². The van der Waals surface area contributed by atoms with Gasteiger partial charge in [-0.25, -0.2) is 4.98 Å². The maximum Gasteiger partial charge on any atom is 0.222 e. The van der Waals surface area contributed by atoms with Crippen LogP contribution in [0.3, 0.4) is 0 Å². The summed E-state index contributed by atoms with van der Waals surface area (Å²) in [7, 11) is 0. The van der Waals surface area contributed by atoms with Crippen molar-refractivity contribution in [2.24, 2.45) is 0 Å². The van der Waals surface area contributed by atoms with Crippen LogP contribution in [0.5, 0.6) is 0 Å². The van der Waals surface area contributed by atoms with E-state index in [1.54, 1.807) is 0 Å². The average molecular weight is 341 g/mol. The van der Waals surface area contributed by atoms with E-state index >= 15 is 0 Å². The number of fused-ring (bicyclic) bond motifs is 3. The number of anilines is 3. The zero-order valence-corrected chi connectivity index (χ0v) is 13.6. The maximum atomic E-state index is 6.05. The van der Waals surface area contributed by atoms with Crippen LogP contribution in [0.25, 0.3) is 21.8 Å². The van der Waals surface area contributed by atoms with E-state index in [-0.39, 0.29) is 18.4 Å². The molecule has 0 saturated carbocycles. The molecule has 0 saturated heterocycles. The van der Waals surface area contributed by atoms with Crippen LogP contribution in [0.2, 0.25) is 0 Å². The third-order valence-electron chi connectivity index (χ3n) is 3.99. The van der Waals surface area contributed by atoms with Gasteiger partial charge in [0.25, 0.3) is 0 Å². The van der Waals surface area contributed by atoms with Crippen molar-refractivity contribution in [2.45, 2.75) is 6.54 Å². The van der Waals surface area contributed by atoms with E-state index in [0.29, 0.717) is 5.82 Å². The van der Waals surface area contributed by atoms with Crippen molar-refractivity contribution < 1.29 is 0 Å². The van der Waals surface area contributed by atoms with Gasteiger partial charge in [-0.05, 0) is 35.9 Å². The van der Waals surface area contributed by atoms with Crippen molar-refractivity contribution in [3.8, 4) is 0 Å². The molecule has 2 heterocycles. The van der Waals surface area contributed by atoms with Crippen molar-refractivity contribution >= 4 is 51.7 Å². The fraction of sp³-hybridized carbons (Fsp3) is 0.0588. The first-order chi connectivity index (χ1) is 11.1. The minimum Gasteiger partial charge on any atom is -0.399 e. The highest BCUT2D eigenvalue weighted by atomic mass is 35.5. The zero-order valence-electron chi connectivity index (χ0n) is 12.8. The van der Waals surface area contributed by atoms with Crippen LogP contribution in [-0.2, 0) is 6.54 Å². The van der Waals surface area contributed by atoms with E-state index in [1.807, 2.05) is 48.7 Å². The number of rotatable bonds is 2. The highest BCUT2D eigenvalue weighted by Crippen LogP contribution is 2.29. The molecular formula is C17H17ClN6. The Kier molecular flexibility index (Phi) is 3.91. The van der Waals surface area contributed by atoms with Crippen LogP contribution >= 0.6 is 12.4 Å². The molecule has 0 aliphatic rings. The third kappa shape index (κ3) is 2.57. The summed E-state index contributed by atoms with van der Waals surface area (Å²) in [4.78, 5) is 8.33. The van der Waals surface area contributed by atoms with Crippen LogP contribution in [0.4, 0.5) is 17.5 Å². The summed E-state index contributed by atoms with van der Waals surface area (Å²) in [5.74, 6) is 0.596. The summed E-state index contributed by atoms with van der Waals surface area (Å²) in [5, 5.41) is 1.86. The van der Waals surface area contributed by atoms with Gasteiger partial charge in [0.15, 0.2) is 0 Å². The van der Waals surface area contributed by atoms with Gasteiger partial charge in [-0.1, -0.05) is 12.1 Å². The standard InChI is InChI=1S/C17H16N6.ClH/c18-11-3-1-10(2-4-11)9-23-8-7-12-14(23)6-5-13-15(12)16(19)22-17(20)21-13;/h1-8H,9,18H2,(H4,19,20,21,22);1H. The second-order valence-electron chi connectivity index (χ2n) is 5.54. The molecule has 0 radical (unpaired) electrons.